The average Bonchev–Trinajstić information content (AvgIpc) is 2.91. The quantitative estimate of drug-likeness (QED) is 0.699. The molecule has 1 N–H and O–H groups in total. The molecule has 0 unspecified atom stereocenters. The maximum atomic E-state index is 12.3. The van der Waals surface area contributed by atoms with Gasteiger partial charge in [0, 0.05) is 10.7 Å². The lowest BCUT2D eigenvalue weighted by atomic mass is 10.2. The lowest BCUT2D eigenvalue weighted by molar-refractivity contribution is 0.102. The van der Waals surface area contributed by atoms with E-state index in [2.05, 4.69) is 35.0 Å². The highest BCUT2D eigenvalue weighted by Gasteiger charge is 2.14. The Hall–Kier alpha value is -1.57. The van der Waals surface area contributed by atoms with Crippen LogP contribution in [-0.4, -0.2) is 19.6 Å². The highest BCUT2D eigenvalue weighted by atomic mass is 79.9. The number of pyridine rings is 1. The Morgan fingerprint density at radius 1 is 1.35 bits per heavy atom. The van der Waals surface area contributed by atoms with E-state index in [0.717, 1.165) is 17.2 Å². The van der Waals surface area contributed by atoms with Crippen LogP contribution in [0, 0.1) is 0 Å². The van der Waals surface area contributed by atoms with Gasteiger partial charge in [0.25, 0.3) is 5.91 Å². The van der Waals surface area contributed by atoms with E-state index < -0.39 is 0 Å². The van der Waals surface area contributed by atoms with Gasteiger partial charge in [-0.2, -0.15) is 8.75 Å². The first kappa shape index (κ1) is 13.4. The Labute approximate surface area is 131 Å². The molecule has 20 heavy (non-hydrogen) atoms. The molecule has 0 saturated heterocycles. The summed E-state index contributed by atoms with van der Waals surface area (Å²) in [5.41, 5.74) is 2.29. The number of aromatic nitrogens is 3. The number of anilines is 1. The van der Waals surface area contributed by atoms with Crippen LogP contribution < -0.4 is 5.32 Å². The Bertz CT molecular complexity index is 807. The molecule has 0 saturated carbocycles. The van der Waals surface area contributed by atoms with Crippen LogP contribution in [0.25, 0.3) is 11.0 Å². The smallest absolute Gasteiger partial charge is 0.258 e. The number of fused-ring (bicyclic) bond motifs is 1. The van der Waals surface area contributed by atoms with Crippen LogP contribution in [0.15, 0.2) is 34.9 Å². The molecule has 2 aromatic heterocycles. The summed E-state index contributed by atoms with van der Waals surface area (Å²) in [6, 6.07) is 7.02. The molecule has 0 aliphatic heterocycles. The molecular weight excluding hydrogens is 364 g/mol. The molecule has 0 aliphatic carbocycles. The van der Waals surface area contributed by atoms with Gasteiger partial charge in [0.15, 0.2) is 0 Å². The number of rotatable bonds is 2. The van der Waals surface area contributed by atoms with E-state index in [4.69, 9.17) is 11.6 Å². The van der Waals surface area contributed by atoms with E-state index in [1.165, 1.54) is 6.20 Å². The summed E-state index contributed by atoms with van der Waals surface area (Å²) in [5, 5.41) is 2.92. The average molecular weight is 370 g/mol. The Morgan fingerprint density at radius 2 is 2.20 bits per heavy atom. The minimum absolute atomic E-state index is 0.147. The van der Waals surface area contributed by atoms with Gasteiger partial charge in [-0.3, -0.25) is 4.79 Å². The van der Waals surface area contributed by atoms with Gasteiger partial charge in [-0.15, -0.1) is 0 Å². The van der Waals surface area contributed by atoms with Crippen molar-refractivity contribution in [2.45, 2.75) is 0 Å². The standard InChI is InChI=1S/C12H6BrClN4OS/c13-6-4-7(11(14)15-5-6)12(19)16-8-2-1-3-9-10(8)18-20-17-9/h1-5H,(H,16,19). The summed E-state index contributed by atoms with van der Waals surface area (Å²) in [5.74, 6) is -0.343. The highest BCUT2D eigenvalue weighted by Crippen LogP contribution is 2.24. The van der Waals surface area contributed by atoms with Crippen molar-refractivity contribution >= 4 is 61.9 Å². The number of carbonyl (C=O) groups excluding carboxylic acids is 1. The van der Waals surface area contributed by atoms with Gasteiger partial charge in [-0.25, -0.2) is 4.98 Å². The summed E-state index contributed by atoms with van der Waals surface area (Å²) in [4.78, 5) is 16.2. The monoisotopic (exact) mass is 368 g/mol. The van der Waals surface area contributed by atoms with Crippen molar-refractivity contribution in [1.29, 1.82) is 0 Å². The zero-order valence-electron chi connectivity index (χ0n) is 9.80. The molecule has 1 amide bonds. The first-order chi connectivity index (χ1) is 9.65. The van der Waals surface area contributed by atoms with Gasteiger partial charge in [-0.05, 0) is 34.1 Å². The van der Waals surface area contributed by atoms with Crippen LogP contribution in [0.2, 0.25) is 5.15 Å². The lowest BCUT2D eigenvalue weighted by Crippen LogP contribution is -2.13. The van der Waals surface area contributed by atoms with Gasteiger partial charge in [0.05, 0.1) is 23.0 Å². The van der Waals surface area contributed by atoms with Crippen molar-refractivity contribution in [1.82, 2.24) is 13.7 Å². The minimum Gasteiger partial charge on any atom is -0.320 e. The molecule has 100 valence electrons. The Kier molecular flexibility index (Phi) is 3.64. The second-order valence-corrected chi connectivity index (χ2v) is 5.69. The maximum absolute atomic E-state index is 12.3. The molecule has 5 nitrogen and oxygen atoms in total. The maximum Gasteiger partial charge on any atom is 0.258 e. The largest absolute Gasteiger partial charge is 0.320 e. The van der Waals surface area contributed by atoms with Gasteiger partial charge in [0.2, 0.25) is 0 Å². The predicted molar refractivity (Wildman–Crippen MR) is 82.3 cm³/mol. The van der Waals surface area contributed by atoms with Crippen molar-refractivity contribution in [3.63, 3.8) is 0 Å². The van der Waals surface area contributed by atoms with Crippen LogP contribution in [0.5, 0.6) is 0 Å². The predicted octanol–water partition coefficient (Wildman–Crippen LogP) is 3.75. The number of halogens is 2. The van der Waals surface area contributed by atoms with Crippen LogP contribution >= 0.6 is 39.3 Å². The SMILES string of the molecule is O=C(Nc1cccc2nsnc12)c1cc(Br)cnc1Cl. The van der Waals surface area contributed by atoms with Crippen molar-refractivity contribution in [2.75, 3.05) is 5.32 Å². The summed E-state index contributed by atoms with van der Waals surface area (Å²) in [6.07, 6.45) is 1.53. The summed E-state index contributed by atoms with van der Waals surface area (Å²) in [7, 11) is 0. The molecule has 2 heterocycles. The first-order valence-corrected chi connectivity index (χ1v) is 7.39. The van der Waals surface area contributed by atoms with Gasteiger partial charge >= 0.3 is 0 Å². The highest BCUT2D eigenvalue weighted by molar-refractivity contribution is 9.10. The number of nitrogens with zero attached hydrogens (tertiary/aromatic N) is 3. The molecule has 3 rings (SSSR count). The van der Waals surface area contributed by atoms with Gasteiger partial charge < -0.3 is 5.32 Å². The van der Waals surface area contributed by atoms with E-state index in [9.17, 15) is 4.79 Å². The van der Waals surface area contributed by atoms with Crippen molar-refractivity contribution in [3.05, 3.63) is 45.7 Å². The zero-order chi connectivity index (χ0) is 14.1. The van der Waals surface area contributed by atoms with E-state index in [1.54, 1.807) is 18.2 Å². The van der Waals surface area contributed by atoms with Crippen molar-refractivity contribution in [3.8, 4) is 0 Å². The van der Waals surface area contributed by atoms with E-state index in [0.29, 0.717) is 21.2 Å². The van der Waals surface area contributed by atoms with Crippen LogP contribution in [0.3, 0.4) is 0 Å². The number of nitrogens with one attached hydrogen (secondary N) is 1. The molecule has 1 aromatic carbocycles. The number of hydrogen-bond acceptors (Lipinski definition) is 5. The van der Waals surface area contributed by atoms with Crippen LogP contribution in [-0.2, 0) is 0 Å². The Morgan fingerprint density at radius 3 is 3.05 bits per heavy atom. The zero-order valence-corrected chi connectivity index (χ0v) is 13.0. The number of amides is 1. The number of carbonyl (C=O) groups is 1. The lowest BCUT2D eigenvalue weighted by Gasteiger charge is -2.07. The molecule has 0 radical (unpaired) electrons. The van der Waals surface area contributed by atoms with Crippen molar-refractivity contribution in [2.24, 2.45) is 0 Å². The van der Waals surface area contributed by atoms with E-state index in [1.807, 2.05) is 6.07 Å². The topological polar surface area (TPSA) is 67.8 Å². The van der Waals surface area contributed by atoms with Gasteiger partial charge in [-0.1, -0.05) is 17.7 Å². The molecule has 0 fully saturated rings. The Balaban J connectivity index is 1.96. The summed E-state index contributed by atoms with van der Waals surface area (Å²) in [6.45, 7) is 0. The normalized spacial score (nSPS) is 10.7. The third kappa shape index (κ3) is 2.52. The summed E-state index contributed by atoms with van der Waals surface area (Å²) >= 11 is 10.3. The van der Waals surface area contributed by atoms with Crippen molar-refractivity contribution < 1.29 is 4.79 Å². The third-order valence-electron chi connectivity index (χ3n) is 2.58. The molecule has 8 heteroatoms. The second kappa shape index (κ2) is 5.43. The number of benzene rings is 1. The minimum atomic E-state index is -0.343. The number of hydrogen-bond donors (Lipinski definition) is 1. The van der Waals surface area contributed by atoms with E-state index >= 15 is 0 Å². The fourth-order valence-electron chi connectivity index (χ4n) is 1.68. The second-order valence-electron chi connectivity index (χ2n) is 3.88. The fourth-order valence-corrected chi connectivity index (χ4v) is 2.75. The first-order valence-electron chi connectivity index (χ1n) is 5.49. The molecular formula is C12H6BrClN4OS. The molecule has 0 atom stereocenters. The molecule has 0 bridgehead atoms. The third-order valence-corrected chi connectivity index (χ3v) is 3.86. The molecule has 0 spiro atoms. The molecule has 0 aliphatic rings. The van der Waals surface area contributed by atoms with Gasteiger partial charge in [0.1, 0.15) is 16.2 Å². The fraction of sp³-hybridized carbons (Fsp3) is 0. The van der Waals surface area contributed by atoms with E-state index in [-0.39, 0.29) is 11.1 Å². The molecule has 3 aromatic rings. The van der Waals surface area contributed by atoms with Crippen LogP contribution in [0.4, 0.5) is 5.69 Å². The van der Waals surface area contributed by atoms with Crippen LogP contribution in [0.1, 0.15) is 10.4 Å². The summed E-state index contributed by atoms with van der Waals surface area (Å²) < 4.78 is 8.97.